The quantitative estimate of drug-likeness (QED) is 0.815. The van der Waals surface area contributed by atoms with E-state index >= 15 is 0 Å². The second-order valence-electron chi connectivity index (χ2n) is 6.96. The van der Waals surface area contributed by atoms with Gasteiger partial charge in [0.15, 0.2) is 5.82 Å². The Bertz CT molecular complexity index is 903. The van der Waals surface area contributed by atoms with E-state index in [9.17, 15) is 8.42 Å². The minimum Gasteiger partial charge on any atom is -0.347 e. The highest BCUT2D eigenvalue weighted by Crippen LogP contribution is 2.41. The fourth-order valence-electron chi connectivity index (χ4n) is 3.80. The van der Waals surface area contributed by atoms with Gasteiger partial charge in [-0.15, -0.1) is 0 Å². The highest BCUT2D eigenvalue weighted by atomic mass is 32.2. The van der Waals surface area contributed by atoms with E-state index in [1.165, 1.54) is 0 Å². The maximum atomic E-state index is 13.3. The molecule has 1 aliphatic heterocycles. The van der Waals surface area contributed by atoms with E-state index in [1.807, 2.05) is 25.3 Å². The standard InChI is InChI=1S/C17H24N4O3S/c1-4-21-11(2)14(17-18-16(19-24-17)13-7-8-13)15(12(21)3)25(22,23)20-9-5-6-10-20/h13H,4-10H2,1-3H3. The molecule has 1 saturated heterocycles. The van der Waals surface area contributed by atoms with Crippen molar-refractivity contribution in [2.24, 2.45) is 0 Å². The van der Waals surface area contributed by atoms with Gasteiger partial charge in [-0.3, -0.25) is 0 Å². The van der Waals surface area contributed by atoms with Gasteiger partial charge < -0.3 is 9.09 Å². The number of nitrogens with zero attached hydrogens (tertiary/aromatic N) is 4. The van der Waals surface area contributed by atoms with E-state index < -0.39 is 10.0 Å². The predicted octanol–water partition coefficient (Wildman–Crippen LogP) is 2.84. The first-order chi connectivity index (χ1) is 11.9. The molecule has 136 valence electrons. The number of hydrogen-bond donors (Lipinski definition) is 0. The monoisotopic (exact) mass is 364 g/mol. The van der Waals surface area contributed by atoms with Crippen LogP contribution in [0.15, 0.2) is 9.42 Å². The Kier molecular flexibility index (Phi) is 3.99. The molecule has 0 spiro atoms. The molecule has 4 rings (SSSR count). The van der Waals surface area contributed by atoms with Gasteiger partial charge in [0.05, 0.1) is 5.56 Å². The maximum absolute atomic E-state index is 13.3. The van der Waals surface area contributed by atoms with Crippen LogP contribution in [0, 0.1) is 13.8 Å². The Labute approximate surface area is 148 Å². The summed E-state index contributed by atoms with van der Waals surface area (Å²) in [5, 5.41) is 4.08. The van der Waals surface area contributed by atoms with Crippen molar-refractivity contribution in [1.82, 2.24) is 19.0 Å². The molecule has 0 atom stereocenters. The first kappa shape index (κ1) is 16.8. The van der Waals surface area contributed by atoms with E-state index in [0.29, 0.717) is 47.7 Å². The molecule has 2 aliphatic rings. The molecular formula is C17H24N4O3S. The van der Waals surface area contributed by atoms with Gasteiger partial charge in [0.25, 0.3) is 5.89 Å². The van der Waals surface area contributed by atoms with E-state index in [2.05, 4.69) is 10.1 Å². The summed E-state index contributed by atoms with van der Waals surface area (Å²) in [5.41, 5.74) is 2.18. The van der Waals surface area contributed by atoms with E-state index in [0.717, 1.165) is 37.1 Å². The van der Waals surface area contributed by atoms with Crippen molar-refractivity contribution < 1.29 is 12.9 Å². The fourth-order valence-corrected chi connectivity index (χ4v) is 5.77. The van der Waals surface area contributed by atoms with Gasteiger partial charge in [0.2, 0.25) is 10.0 Å². The third-order valence-electron chi connectivity index (χ3n) is 5.30. The minimum absolute atomic E-state index is 0.326. The Balaban J connectivity index is 1.90. The number of hydrogen-bond acceptors (Lipinski definition) is 5. The summed E-state index contributed by atoms with van der Waals surface area (Å²) < 4.78 is 35.7. The Morgan fingerprint density at radius 2 is 1.84 bits per heavy atom. The fraction of sp³-hybridized carbons (Fsp3) is 0.647. The van der Waals surface area contributed by atoms with Gasteiger partial charge in [-0.1, -0.05) is 5.16 Å². The van der Waals surface area contributed by atoms with Gasteiger partial charge in [-0.05, 0) is 46.5 Å². The zero-order valence-corrected chi connectivity index (χ0v) is 15.8. The predicted molar refractivity (Wildman–Crippen MR) is 92.8 cm³/mol. The van der Waals surface area contributed by atoms with Crippen LogP contribution in [0.3, 0.4) is 0 Å². The van der Waals surface area contributed by atoms with E-state index in [4.69, 9.17) is 4.52 Å². The second kappa shape index (κ2) is 5.95. The van der Waals surface area contributed by atoms with Crippen LogP contribution >= 0.6 is 0 Å². The summed E-state index contributed by atoms with van der Waals surface area (Å²) in [4.78, 5) is 4.85. The van der Waals surface area contributed by atoms with Gasteiger partial charge >= 0.3 is 0 Å². The normalized spacial score (nSPS) is 19.0. The maximum Gasteiger partial charge on any atom is 0.261 e. The van der Waals surface area contributed by atoms with Gasteiger partial charge in [0.1, 0.15) is 4.90 Å². The average Bonchev–Trinajstić information content (AvgIpc) is 3.02. The van der Waals surface area contributed by atoms with Gasteiger partial charge in [-0.2, -0.15) is 9.29 Å². The molecule has 2 aromatic rings. The first-order valence-corrected chi connectivity index (χ1v) is 10.4. The van der Waals surface area contributed by atoms with Crippen molar-refractivity contribution in [2.45, 2.75) is 63.8 Å². The summed E-state index contributed by atoms with van der Waals surface area (Å²) in [6.45, 7) is 7.66. The Morgan fingerprint density at radius 3 is 2.44 bits per heavy atom. The zero-order valence-electron chi connectivity index (χ0n) is 14.9. The minimum atomic E-state index is -3.57. The summed E-state index contributed by atoms with van der Waals surface area (Å²) in [6, 6.07) is 0. The van der Waals surface area contributed by atoms with Crippen molar-refractivity contribution >= 4 is 10.0 Å². The smallest absolute Gasteiger partial charge is 0.261 e. The molecule has 2 fully saturated rings. The summed E-state index contributed by atoms with van der Waals surface area (Å²) in [6.07, 6.45) is 3.97. The molecule has 0 aromatic carbocycles. The second-order valence-corrected chi connectivity index (χ2v) is 8.84. The van der Waals surface area contributed by atoms with Crippen molar-refractivity contribution in [1.29, 1.82) is 0 Å². The van der Waals surface area contributed by atoms with Crippen molar-refractivity contribution in [2.75, 3.05) is 13.1 Å². The molecular weight excluding hydrogens is 340 g/mol. The van der Waals surface area contributed by atoms with E-state index in [1.54, 1.807) is 4.31 Å². The van der Waals surface area contributed by atoms with Gasteiger partial charge in [0, 0.05) is 36.9 Å². The average molecular weight is 364 g/mol. The molecule has 2 aromatic heterocycles. The molecule has 1 aliphatic carbocycles. The van der Waals surface area contributed by atoms with Crippen LogP contribution in [0.4, 0.5) is 0 Å². The van der Waals surface area contributed by atoms with Crippen LogP contribution in [0.25, 0.3) is 11.5 Å². The lowest BCUT2D eigenvalue weighted by molar-refractivity contribution is 0.421. The lowest BCUT2D eigenvalue weighted by atomic mass is 10.2. The van der Waals surface area contributed by atoms with Crippen molar-refractivity contribution in [3.8, 4) is 11.5 Å². The lowest BCUT2D eigenvalue weighted by Crippen LogP contribution is -2.28. The molecule has 7 nitrogen and oxygen atoms in total. The van der Waals surface area contributed by atoms with Crippen LogP contribution in [0.1, 0.15) is 55.7 Å². The van der Waals surface area contributed by atoms with Gasteiger partial charge in [-0.25, -0.2) is 8.42 Å². The molecule has 0 amide bonds. The molecule has 1 saturated carbocycles. The molecule has 0 radical (unpaired) electrons. The molecule has 0 N–H and O–H groups in total. The molecule has 8 heteroatoms. The third-order valence-corrected chi connectivity index (χ3v) is 7.36. The molecule has 0 unspecified atom stereocenters. The number of sulfonamides is 1. The Morgan fingerprint density at radius 1 is 1.16 bits per heavy atom. The number of rotatable bonds is 5. The lowest BCUT2D eigenvalue weighted by Gasteiger charge is -2.16. The molecule has 25 heavy (non-hydrogen) atoms. The van der Waals surface area contributed by atoms with E-state index in [-0.39, 0.29) is 0 Å². The summed E-state index contributed by atoms with van der Waals surface area (Å²) in [7, 11) is -3.57. The molecule has 0 bridgehead atoms. The van der Waals surface area contributed by atoms with Crippen LogP contribution in [-0.4, -0.2) is 40.5 Å². The molecule has 3 heterocycles. The first-order valence-electron chi connectivity index (χ1n) is 8.99. The van der Waals surface area contributed by atoms with Crippen molar-refractivity contribution in [3.63, 3.8) is 0 Å². The largest absolute Gasteiger partial charge is 0.347 e. The summed E-state index contributed by atoms with van der Waals surface area (Å²) in [5.74, 6) is 1.39. The van der Waals surface area contributed by atoms with Crippen LogP contribution in [0.2, 0.25) is 0 Å². The highest BCUT2D eigenvalue weighted by Gasteiger charge is 2.37. The van der Waals surface area contributed by atoms with Crippen LogP contribution < -0.4 is 0 Å². The third kappa shape index (κ3) is 2.62. The zero-order chi connectivity index (χ0) is 17.8. The number of aromatic nitrogens is 3. The van der Waals surface area contributed by atoms with Crippen molar-refractivity contribution in [3.05, 3.63) is 17.2 Å². The highest BCUT2D eigenvalue weighted by molar-refractivity contribution is 7.89. The SMILES string of the molecule is CCn1c(C)c(-c2nc(C3CC3)no2)c(S(=O)(=O)N2CCCC2)c1C. The summed E-state index contributed by atoms with van der Waals surface area (Å²) >= 11 is 0. The Hall–Kier alpha value is -1.67. The topological polar surface area (TPSA) is 81.2 Å². The van der Waals surface area contributed by atoms with Crippen LogP contribution in [0.5, 0.6) is 0 Å². The van der Waals surface area contributed by atoms with Crippen LogP contribution in [-0.2, 0) is 16.6 Å².